The molecule has 2 heteroatoms. The normalized spacial score (nSPS) is 12.6. The fourth-order valence-corrected chi connectivity index (χ4v) is 13.7. The molecule has 1 heterocycles. The largest absolute Gasteiger partial charge is 0.309 e. The zero-order valence-corrected chi connectivity index (χ0v) is 29.2. The third kappa shape index (κ3) is 4.54. The highest BCUT2D eigenvalue weighted by Gasteiger charge is 2.42. The van der Waals surface area contributed by atoms with Crippen LogP contribution >= 0.6 is 0 Å². The van der Waals surface area contributed by atoms with Crippen LogP contribution in [0, 0.1) is 0 Å². The summed E-state index contributed by atoms with van der Waals surface area (Å²) in [6, 6.07) is 77.1. The van der Waals surface area contributed by atoms with E-state index in [1.54, 1.807) is 0 Å². The molecule has 0 saturated carbocycles. The molecule has 0 atom stereocenters. The van der Waals surface area contributed by atoms with E-state index in [9.17, 15) is 0 Å². The summed E-state index contributed by atoms with van der Waals surface area (Å²) in [5, 5.41) is 8.05. The third-order valence-corrected chi connectivity index (χ3v) is 15.8. The molecule has 0 fully saturated rings. The van der Waals surface area contributed by atoms with Gasteiger partial charge in [-0.05, 0) is 72.8 Å². The Labute approximate surface area is 299 Å². The minimum atomic E-state index is -2.86. The number of hydrogen-bond donors (Lipinski definition) is 0. The van der Waals surface area contributed by atoms with E-state index >= 15 is 0 Å². The van der Waals surface area contributed by atoms with Gasteiger partial charge >= 0.3 is 0 Å². The van der Waals surface area contributed by atoms with E-state index in [1.165, 1.54) is 76.1 Å². The molecule has 240 valence electrons. The van der Waals surface area contributed by atoms with Crippen LogP contribution in [0.15, 0.2) is 206 Å². The van der Waals surface area contributed by atoms with Crippen molar-refractivity contribution in [1.82, 2.24) is 4.57 Å². The van der Waals surface area contributed by atoms with Crippen LogP contribution in [0.2, 0.25) is 0 Å². The van der Waals surface area contributed by atoms with Crippen LogP contribution in [0.25, 0.3) is 38.6 Å². The average molecular weight is 666 g/mol. The molecule has 1 aliphatic carbocycles. The molecule has 0 amide bonds. The molecule has 0 radical (unpaired) electrons. The van der Waals surface area contributed by atoms with Crippen molar-refractivity contribution in [3.05, 3.63) is 223 Å². The second-order valence-corrected chi connectivity index (χ2v) is 17.4. The average Bonchev–Trinajstić information content (AvgIpc) is 3.73. The Morgan fingerprint density at radius 2 is 0.804 bits per heavy atom. The van der Waals surface area contributed by atoms with Gasteiger partial charge in [0, 0.05) is 22.4 Å². The predicted molar refractivity (Wildman–Crippen MR) is 217 cm³/mol. The van der Waals surface area contributed by atoms with E-state index in [1.807, 2.05) is 0 Å². The molecule has 9 aromatic rings. The number of hydrogen-bond acceptors (Lipinski definition) is 0. The summed E-state index contributed by atoms with van der Waals surface area (Å²) >= 11 is 0. The second-order valence-electron chi connectivity index (χ2n) is 13.6. The molecule has 0 aliphatic heterocycles. The standard InChI is InChI=1S/C49H35NSi/c1-3-19-37(20-4-1)51(38-21-5-2-6-22-38,39-23-15-17-35(33-39)49-45-29-9-7-25-41(45)42-26-8-10-30-46(42)49)40-24-16-18-36(34-40)50-47-31-13-11-27-43(47)44-28-12-14-32-48(44)50/h1-34,49H. The Hall–Kier alpha value is -6.22. The van der Waals surface area contributed by atoms with Gasteiger partial charge in [0.25, 0.3) is 0 Å². The molecule has 0 bridgehead atoms. The minimum Gasteiger partial charge on any atom is -0.309 e. The van der Waals surface area contributed by atoms with Gasteiger partial charge in [0.2, 0.25) is 0 Å². The number of rotatable bonds is 6. The Morgan fingerprint density at radius 1 is 0.353 bits per heavy atom. The number of aromatic nitrogens is 1. The van der Waals surface area contributed by atoms with Gasteiger partial charge in [-0.1, -0.05) is 182 Å². The maximum Gasteiger partial charge on any atom is 0.179 e. The lowest BCUT2D eigenvalue weighted by Crippen LogP contribution is -2.74. The van der Waals surface area contributed by atoms with Crippen molar-refractivity contribution in [3.8, 4) is 16.8 Å². The van der Waals surface area contributed by atoms with Crippen LogP contribution < -0.4 is 20.7 Å². The first-order valence-electron chi connectivity index (χ1n) is 17.8. The van der Waals surface area contributed by atoms with Gasteiger partial charge in [-0.3, -0.25) is 0 Å². The first-order valence-corrected chi connectivity index (χ1v) is 19.8. The molecule has 0 spiro atoms. The predicted octanol–water partition coefficient (Wildman–Crippen LogP) is 9.32. The van der Waals surface area contributed by atoms with Crippen molar-refractivity contribution in [2.24, 2.45) is 0 Å². The van der Waals surface area contributed by atoms with Crippen molar-refractivity contribution >= 4 is 50.6 Å². The molecule has 0 unspecified atom stereocenters. The lowest BCUT2D eigenvalue weighted by Gasteiger charge is -2.35. The monoisotopic (exact) mass is 665 g/mol. The van der Waals surface area contributed by atoms with Crippen LogP contribution in [0.3, 0.4) is 0 Å². The number of para-hydroxylation sites is 2. The highest BCUT2D eigenvalue weighted by Crippen LogP contribution is 2.47. The molecular weight excluding hydrogens is 631 g/mol. The maximum atomic E-state index is 2.54. The molecule has 1 nitrogen and oxygen atoms in total. The van der Waals surface area contributed by atoms with Gasteiger partial charge in [-0.2, -0.15) is 0 Å². The van der Waals surface area contributed by atoms with Crippen molar-refractivity contribution in [2.45, 2.75) is 5.92 Å². The fourth-order valence-electron chi connectivity index (χ4n) is 8.92. The van der Waals surface area contributed by atoms with E-state index in [2.05, 4.69) is 211 Å². The van der Waals surface area contributed by atoms with Gasteiger partial charge < -0.3 is 4.57 Å². The first-order chi connectivity index (χ1) is 25.3. The number of fused-ring (bicyclic) bond motifs is 6. The smallest absolute Gasteiger partial charge is 0.179 e. The molecule has 1 aliphatic rings. The summed E-state index contributed by atoms with van der Waals surface area (Å²) in [4.78, 5) is 0. The summed E-state index contributed by atoms with van der Waals surface area (Å²) in [5.41, 5.74) is 10.4. The molecule has 0 N–H and O–H groups in total. The van der Waals surface area contributed by atoms with E-state index in [-0.39, 0.29) is 5.92 Å². The zero-order chi connectivity index (χ0) is 33.8. The van der Waals surface area contributed by atoms with Crippen LogP contribution in [0.4, 0.5) is 0 Å². The first kappa shape index (κ1) is 29.7. The molecule has 51 heavy (non-hydrogen) atoms. The minimum absolute atomic E-state index is 0.180. The van der Waals surface area contributed by atoms with Gasteiger partial charge in [0.15, 0.2) is 8.07 Å². The van der Waals surface area contributed by atoms with E-state index < -0.39 is 8.07 Å². The van der Waals surface area contributed by atoms with Gasteiger partial charge in [-0.25, -0.2) is 0 Å². The van der Waals surface area contributed by atoms with Crippen molar-refractivity contribution in [1.29, 1.82) is 0 Å². The van der Waals surface area contributed by atoms with Gasteiger partial charge in [0.05, 0.1) is 11.0 Å². The Balaban J connectivity index is 1.26. The topological polar surface area (TPSA) is 4.93 Å². The molecular formula is C49H35NSi. The molecule has 0 saturated heterocycles. The Kier molecular flexibility index (Phi) is 6.97. The fraction of sp³-hybridized carbons (Fsp3) is 0.0204. The summed E-state index contributed by atoms with van der Waals surface area (Å²) in [6.45, 7) is 0. The van der Waals surface area contributed by atoms with Crippen LogP contribution in [-0.2, 0) is 0 Å². The summed E-state index contributed by atoms with van der Waals surface area (Å²) in [5.74, 6) is 0.180. The molecule has 8 aromatic carbocycles. The van der Waals surface area contributed by atoms with Crippen molar-refractivity contribution < 1.29 is 0 Å². The van der Waals surface area contributed by atoms with Gasteiger partial charge in [-0.15, -0.1) is 0 Å². The summed E-state index contributed by atoms with van der Waals surface area (Å²) in [6.07, 6.45) is 0. The van der Waals surface area contributed by atoms with E-state index in [0.717, 1.165) is 0 Å². The number of nitrogens with zero attached hydrogens (tertiary/aromatic N) is 1. The van der Waals surface area contributed by atoms with Crippen molar-refractivity contribution in [2.75, 3.05) is 0 Å². The van der Waals surface area contributed by atoms with Crippen LogP contribution in [0.5, 0.6) is 0 Å². The quantitative estimate of drug-likeness (QED) is 0.123. The maximum absolute atomic E-state index is 2.86. The molecule has 10 rings (SSSR count). The van der Waals surface area contributed by atoms with Crippen LogP contribution in [0.1, 0.15) is 22.6 Å². The lowest BCUT2D eigenvalue weighted by molar-refractivity contribution is 1.02. The molecule has 1 aromatic heterocycles. The lowest BCUT2D eigenvalue weighted by atomic mass is 9.89. The Morgan fingerprint density at radius 3 is 1.39 bits per heavy atom. The van der Waals surface area contributed by atoms with Crippen molar-refractivity contribution in [3.63, 3.8) is 0 Å². The third-order valence-electron chi connectivity index (χ3n) is 11.0. The van der Waals surface area contributed by atoms with E-state index in [4.69, 9.17) is 0 Å². The SMILES string of the molecule is c1ccc([Si](c2ccccc2)(c2cccc(C3c4ccccc4-c4ccccc43)c2)c2cccc(-n3c4ccccc4c4ccccc43)c2)cc1. The van der Waals surface area contributed by atoms with E-state index in [0.29, 0.717) is 0 Å². The highest BCUT2D eigenvalue weighted by atomic mass is 28.3. The summed E-state index contributed by atoms with van der Waals surface area (Å²) in [7, 11) is -2.86. The number of benzene rings is 8. The zero-order valence-electron chi connectivity index (χ0n) is 28.2. The summed E-state index contributed by atoms with van der Waals surface area (Å²) < 4.78 is 2.45. The highest BCUT2D eigenvalue weighted by molar-refractivity contribution is 7.19. The van der Waals surface area contributed by atoms with Crippen LogP contribution in [-0.4, -0.2) is 12.6 Å². The van der Waals surface area contributed by atoms with Gasteiger partial charge in [0.1, 0.15) is 0 Å². The second kappa shape index (κ2) is 12.0. The Bertz CT molecular complexity index is 2570.